The van der Waals surface area contributed by atoms with Gasteiger partial charge in [0.2, 0.25) is 0 Å². The second kappa shape index (κ2) is 8.13. The highest BCUT2D eigenvalue weighted by Gasteiger charge is 2.43. The Bertz CT molecular complexity index is 1350. The lowest BCUT2D eigenvalue weighted by Crippen LogP contribution is -2.58. The topological polar surface area (TPSA) is 82.2 Å². The first kappa shape index (κ1) is 21.2. The molecule has 0 radical (unpaired) electrons. The molecule has 34 heavy (non-hydrogen) atoms. The predicted molar refractivity (Wildman–Crippen MR) is 136 cm³/mol. The van der Waals surface area contributed by atoms with Crippen molar-refractivity contribution in [3.8, 4) is 5.75 Å². The number of likely N-dealkylation sites (tertiary alicyclic amines) is 1. The van der Waals surface area contributed by atoms with Crippen molar-refractivity contribution in [3.05, 3.63) is 47.8 Å². The number of methoxy groups -OCH3 is 1. The van der Waals surface area contributed by atoms with Crippen LogP contribution in [0, 0.1) is 12.3 Å². The van der Waals surface area contributed by atoms with Crippen LogP contribution in [0.3, 0.4) is 0 Å². The summed E-state index contributed by atoms with van der Waals surface area (Å²) in [5.41, 5.74) is 5.43. The van der Waals surface area contributed by atoms with E-state index in [1.807, 2.05) is 18.3 Å². The molecule has 2 saturated heterocycles. The maximum atomic E-state index is 5.51. The molecule has 0 aliphatic carbocycles. The van der Waals surface area contributed by atoms with Crippen LogP contribution in [0.4, 0.5) is 11.6 Å². The lowest BCUT2D eigenvalue weighted by atomic mass is 9.72. The molecule has 3 aromatic heterocycles. The van der Waals surface area contributed by atoms with Crippen LogP contribution in [0.15, 0.2) is 36.7 Å². The molecular weight excluding hydrogens is 426 g/mol. The smallest absolute Gasteiger partial charge is 0.182 e. The molecule has 0 saturated carbocycles. The molecule has 8 nitrogen and oxygen atoms in total. The summed E-state index contributed by atoms with van der Waals surface area (Å²) in [5, 5.41) is 4.62. The molecule has 0 atom stereocenters. The highest BCUT2D eigenvalue weighted by atomic mass is 16.5. The zero-order valence-electron chi connectivity index (χ0n) is 20.1. The molecular formula is C26H31N7O. The quantitative estimate of drug-likeness (QED) is 0.469. The molecule has 6 rings (SSSR count). The van der Waals surface area contributed by atoms with Crippen molar-refractivity contribution in [3.63, 3.8) is 0 Å². The van der Waals surface area contributed by atoms with Crippen molar-refractivity contribution in [1.29, 1.82) is 0 Å². The van der Waals surface area contributed by atoms with Gasteiger partial charge in [-0.3, -0.25) is 0 Å². The van der Waals surface area contributed by atoms with Crippen LogP contribution < -0.4 is 15.0 Å². The van der Waals surface area contributed by atoms with E-state index in [9.17, 15) is 0 Å². The molecule has 1 aromatic carbocycles. The van der Waals surface area contributed by atoms with Gasteiger partial charge >= 0.3 is 0 Å². The van der Waals surface area contributed by atoms with Gasteiger partial charge in [0, 0.05) is 44.3 Å². The van der Waals surface area contributed by atoms with E-state index in [1.54, 1.807) is 13.3 Å². The number of ether oxygens (including phenoxy) is 1. The fourth-order valence-corrected chi connectivity index (χ4v) is 5.75. The summed E-state index contributed by atoms with van der Waals surface area (Å²) in [6.45, 7) is 7.32. The number of nitrogens with zero attached hydrogens (tertiary/aromatic N) is 5. The first-order valence-electron chi connectivity index (χ1n) is 12.0. The molecule has 0 amide bonds. The second-order valence-electron chi connectivity index (χ2n) is 9.93. The third-order valence-electron chi connectivity index (χ3n) is 7.51. The predicted octanol–water partition coefficient (Wildman–Crippen LogP) is 3.97. The number of rotatable bonds is 5. The number of benzene rings is 1. The number of aromatic nitrogens is 4. The molecule has 2 N–H and O–H groups in total. The number of anilines is 2. The minimum Gasteiger partial charge on any atom is -0.495 e. The number of pyridine rings is 1. The third kappa shape index (κ3) is 3.62. The molecule has 1 spiro atoms. The number of fused-ring (bicyclic) bond motifs is 2. The van der Waals surface area contributed by atoms with E-state index in [2.05, 4.69) is 51.2 Å². The average Bonchev–Trinajstić information content (AvgIpc) is 3.23. The van der Waals surface area contributed by atoms with Gasteiger partial charge in [-0.15, -0.1) is 0 Å². The van der Waals surface area contributed by atoms with Crippen LogP contribution in [0.1, 0.15) is 24.0 Å². The Morgan fingerprint density at radius 2 is 1.94 bits per heavy atom. The largest absolute Gasteiger partial charge is 0.495 e. The van der Waals surface area contributed by atoms with Gasteiger partial charge in [0.15, 0.2) is 5.65 Å². The van der Waals surface area contributed by atoms with Crippen molar-refractivity contribution in [2.75, 3.05) is 50.6 Å². The number of hydrogen-bond acceptors (Lipinski definition) is 7. The van der Waals surface area contributed by atoms with Gasteiger partial charge in [-0.05, 0) is 61.6 Å². The third-order valence-corrected chi connectivity index (χ3v) is 7.51. The molecule has 8 heteroatoms. The summed E-state index contributed by atoms with van der Waals surface area (Å²) in [6, 6.07) is 8.21. The normalized spacial score (nSPS) is 17.9. The molecule has 2 aliphatic heterocycles. The van der Waals surface area contributed by atoms with Crippen molar-refractivity contribution in [1.82, 2.24) is 24.8 Å². The molecule has 2 aliphatic rings. The monoisotopic (exact) mass is 457 g/mol. The SMILES string of the molecule is COc1ccc(CNc2cnc3ccc(N4CCC5(CC4)CN(C)C5)nc3n2)c2c(C)c[nH]c12. The van der Waals surface area contributed by atoms with Crippen molar-refractivity contribution < 1.29 is 4.74 Å². The Morgan fingerprint density at radius 3 is 2.71 bits per heavy atom. The average molecular weight is 458 g/mol. The summed E-state index contributed by atoms with van der Waals surface area (Å²) in [5.74, 6) is 2.58. The van der Waals surface area contributed by atoms with E-state index in [-0.39, 0.29) is 0 Å². The van der Waals surface area contributed by atoms with Gasteiger partial charge in [0.1, 0.15) is 22.9 Å². The lowest BCUT2D eigenvalue weighted by molar-refractivity contribution is 0.00122. The Morgan fingerprint density at radius 1 is 1.12 bits per heavy atom. The Hall–Kier alpha value is -3.39. The Kier molecular flexibility index (Phi) is 5.06. The summed E-state index contributed by atoms with van der Waals surface area (Å²) in [6.07, 6.45) is 6.27. The van der Waals surface area contributed by atoms with Gasteiger partial charge in [-0.2, -0.15) is 0 Å². The van der Waals surface area contributed by atoms with Crippen LogP contribution >= 0.6 is 0 Å². The highest BCUT2D eigenvalue weighted by molar-refractivity contribution is 5.91. The first-order chi connectivity index (χ1) is 16.5. The minimum absolute atomic E-state index is 0.531. The van der Waals surface area contributed by atoms with Crippen LogP contribution in [0.2, 0.25) is 0 Å². The fourth-order valence-electron chi connectivity index (χ4n) is 5.75. The van der Waals surface area contributed by atoms with E-state index in [0.29, 0.717) is 17.6 Å². The van der Waals surface area contributed by atoms with E-state index >= 15 is 0 Å². The van der Waals surface area contributed by atoms with Crippen molar-refractivity contribution in [2.45, 2.75) is 26.3 Å². The standard InChI is InChI=1S/C26H31N7O/c1-17-12-29-24-20(34-3)6-4-18(23(17)24)13-28-21-14-27-19-5-7-22(31-25(19)30-21)33-10-8-26(9-11-33)15-32(2)16-26/h4-7,12,14,29H,8-11,13,15-16H2,1-3H3,(H,28,30,31). The van der Waals surface area contributed by atoms with Crippen LogP contribution in [-0.2, 0) is 6.54 Å². The fraction of sp³-hybridized carbons (Fsp3) is 0.423. The first-order valence-corrected chi connectivity index (χ1v) is 12.0. The van der Waals surface area contributed by atoms with Crippen LogP contribution in [0.25, 0.3) is 22.1 Å². The van der Waals surface area contributed by atoms with Crippen LogP contribution in [0.5, 0.6) is 5.75 Å². The number of nitrogens with one attached hydrogen (secondary N) is 2. The molecule has 0 bridgehead atoms. The molecule has 0 unspecified atom stereocenters. The van der Waals surface area contributed by atoms with Crippen molar-refractivity contribution in [2.24, 2.45) is 5.41 Å². The van der Waals surface area contributed by atoms with E-state index in [4.69, 9.17) is 14.7 Å². The Balaban J connectivity index is 1.20. The van der Waals surface area contributed by atoms with Gasteiger partial charge < -0.3 is 24.8 Å². The number of H-pyrrole nitrogens is 1. The number of aryl methyl sites for hydroxylation is 1. The van der Waals surface area contributed by atoms with E-state index in [1.165, 1.54) is 42.4 Å². The highest BCUT2D eigenvalue weighted by Crippen LogP contribution is 2.40. The number of hydrogen-bond donors (Lipinski definition) is 2. The van der Waals surface area contributed by atoms with Crippen molar-refractivity contribution >= 4 is 33.7 Å². The van der Waals surface area contributed by atoms with Gasteiger partial charge in [-0.1, -0.05) is 6.07 Å². The summed E-state index contributed by atoms with van der Waals surface area (Å²) < 4.78 is 5.51. The molecule has 176 valence electrons. The Labute approximate surface area is 199 Å². The number of piperidine rings is 1. The van der Waals surface area contributed by atoms with Crippen LogP contribution in [-0.4, -0.2) is 65.2 Å². The van der Waals surface area contributed by atoms with Gasteiger partial charge in [0.25, 0.3) is 0 Å². The zero-order valence-corrected chi connectivity index (χ0v) is 20.1. The minimum atomic E-state index is 0.531. The van der Waals surface area contributed by atoms with E-state index in [0.717, 1.165) is 41.5 Å². The van der Waals surface area contributed by atoms with Gasteiger partial charge in [-0.25, -0.2) is 15.0 Å². The summed E-state index contributed by atoms with van der Waals surface area (Å²) >= 11 is 0. The second-order valence-corrected chi connectivity index (χ2v) is 9.93. The van der Waals surface area contributed by atoms with E-state index < -0.39 is 0 Å². The lowest BCUT2D eigenvalue weighted by Gasteiger charge is -2.53. The van der Waals surface area contributed by atoms with Gasteiger partial charge in [0.05, 0.1) is 18.8 Å². The number of aromatic amines is 1. The summed E-state index contributed by atoms with van der Waals surface area (Å²) in [4.78, 5) is 22.4. The zero-order chi connectivity index (χ0) is 23.3. The molecule has 2 fully saturated rings. The molecule has 4 aromatic rings. The maximum absolute atomic E-state index is 5.51. The maximum Gasteiger partial charge on any atom is 0.182 e. The molecule has 5 heterocycles. The summed E-state index contributed by atoms with van der Waals surface area (Å²) in [7, 11) is 3.91.